The fourth-order valence-corrected chi connectivity index (χ4v) is 5.40. The largest absolute Gasteiger partial charge is 0.494 e. The van der Waals surface area contributed by atoms with Gasteiger partial charge in [0, 0.05) is 4.90 Å². The number of nitrogens with zero attached hydrogens (tertiary/aromatic N) is 2. The third-order valence-electron chi connectivity index (χ3n) is 5.43. The van der Waals surface area contributed by atoms with Crippen molar-refractivity contribution in [1.82, 2.24) is 5.43 Å². The predicted octanol–water partition coefficient (Wildman–Crippen LogP) is 4.87. The maximum atomic E-state index is 13.6. The lowest BCUT2D eigenvalue weighted by Gasteiger charge is -2.24. The smallest absolute Gasteiger partial charge is 0.344 e. The lowest BCUT2D eigenvalue weighted by atomic mass is 10.2. The number of hydrogen-bond donors (Lipinski definition) is 1. The van der Waals surface area contributed by atoms with Crippen LogP contribution >= 0.6 is 11.8 Å². The molecule has 0 unspecified atom stereocenters. The first kappa shape index (κ1) is 32.5. The Morgan fingerprint density at radius 3 is 2.10 bits per heavy atom. The molecule has 42 heavy (non-hydrogen) atoms. The van der Waals surface area contributed by atoms with Gasteiger partial charge in [0.25, 0.3) is 15.9 Å². The maximum absolute atomic E-state index is 13.6. The highest BCUT2D eigenvalue weighted by Gasteiger charge is 2.27. The van der Waals surface area contributed by atoms with Crippen LogP contribution in [-0.2, 0) is 24.3 Å². The van der Waals surface area contributed by atoms with Crippen LogP contribution in [0.1, 0.15) is 33.3 Å². The molecule has 0 fully saturated rings. The molecule has 0 aliphatic carbocycles. The van der Waals surface area contributed by atoms with Gasteiger partial charge in [0.2, 0.25) is 0 Å². The van der Waals surface area contributed by atoms with Crippen molar-refractivity contribution in [2.75, 3.05) is 30.3 Å². The van der Waals surface area contributed by atoms with Crippen LogP contribution in [-0.4, -0.2) is 58.1 Å². The number of esters is 1. The Labute approximate surface area is 251 Å². The maximum Gasteiger partial charge on any atom is 0.344 e. The van der Waals surface area contributed by atoms with E-state index in [1.807, 2.05) is 13.2 Å². The molecule has 224 valence electrons. The summed E-state index contributed by atoms with van der Waals surface area (Å²) in [5.41, 5.74) is 2.73. The molecule has 1 amide bonds. The van der Waals surface area contributed by atoms with Crippen molar-refractivity contribution < 1.29 is 32.2 Å². The Morgan fingerprint density at radius 2 is 1.52 bits per heavy atom. The molecule has 0 aromatic heterocycles. The van der Waals surface area contributed by atoms with Gasteiger partial charge in [0.15, 0.2) is 6.61 Å². The van der Waals surface area contributed by atoms with Gasteiger partial charge in [-0.15, -0.1) is 11.8 Å². The molecular formula is C30H35N3O7S2. The number of thioether (sulfide) groups is 1. The molecule has 0 aliphatic rings. The third-order valence-corrected chi connectivity index (χ3v) is 7.96. The second-order valence-electron chi connectivity index (χ2n) is 9.85. The van der Waals surface area contributed by atoms with Crippen LogP contribution in [0.2, 0.25) is 0 Å². The van der Waals surface area contributed by atoms with Crippen molar-refractivity contribution in [3.8, 4) is 11.5 Å². The Kier molecular flexibility index (Phi) is 11.4. The fraction of sp³-hybridized carbons (Fsp3) is 0.300. The summed E-state index contributed by atoms with van der Waals surface area (Å²) in [6, 6.07) is 19.6. The topological polar surface area (TPSA) is 124 Å². The number of hydrogen-bond acceptors (Lipinski definition) is 9. The molecule has 0 aliphatic heterocycles. The van der Waals surface area contributed by atoms with E-state index < -0.39 is 34.0 Å². The number of carbonyl (C=O) groups excluding carboxylic acids is 2. The average Bonchev–Trinajstić information content (AvgIpc) is 2.95. The quantitative estimate of drug-likeness (QED) is 0.125. The van der Waals surface area contributed by atoms with Crippen molar-refractivity contribution in [3.05, 3.63) is 78.4 Å². The van der Waals surface area contributed by atoms with Crippen molar-refractivity contribution in [2.24, 2.45) is 5.10 Å². The Balaban J connectivity index is 1.68. The van der Waals surface area contributed by atoms with Gasteiger partial charge in [-0.05, 0) is 112 Å². The first-order valence-electron chi connectivity index (χ1n) is 13.1. The number of rotatable bonds is 13. The number of amides is 1. The fourth-order valence-electron chi connectivity index (χ4n) is 3.57. The summed E-state index contributed by atoms with van der Waals surface area (Å²) in [5, 5.41) is 3.96. The number of nitrogens with one attached hydrogen (secondary N) is 1. The summed E-state index contributed by atoms with van der Waals surface area (Å²) in [6.07, 6.45) is 3.31. The number of benzene rings is 3. The van der Waals surface area contributed by atoms with E-state index in [4.69, 9.17) is 14.2 Å². The monoisotopic (exact) mass is 613 g/mol. The van der Waals surface area contributed by atoms with E-state index in [2.05, 4.69) is 10.5 Å². The minimum Gasteiger partial charge on any atom is -0.494 e. The third kappa shape index (κ3) is 9.81. The highest BCUT2D eigenvalue weighted by atomic mass is 32.2. The van der Waals surface area contributed by atoms with Crippen LogP contribution in [0.5, 0.6) is 11.5 Å². The minimum atomic E-state index is -4.08. The molecule has 0 bridgehead atoms. The van der Waals surface area contributed by atoms with Gasteiger partial charge in [-0.25, -0.2) is 18.6 Å². The standard InChI is InChI=1S/C30H35N3O7S2/c1-6-38-24-13-9-23(10-14-24)33(42(36,37)27-17-15-26(41-5)16-18-27)20-28(34)32-31-19-22-7-11-25(12-8-22)39-21-29(35)40-30(2,3)4/h7-19H,6,20-21H2,1-5H3,(H,32,34). The molecule has 3 aromatic rings. The van der Waals surface area contributed by atoms with Crippen LogP contribution < -0.4 is 19.2 Å². The number of anilines is 1. The first-order chi connectivity index (χ1) is 19.9. The van der Waals surface area contributed by atoms with Crippen LogP contribution in [0.25, 0.3) is 0 Å². The molecule has 0 heterocycles. The van der Waals surface area contributed by atoms with E-state index in [0.29, 0.717) is 29.4 Å². The predicted molar refractivity (Wildman–Crippen MR) is 164 cm³/mol. The average molecular weight is 614 g/mol. The molecule has 3 rings (SSSR count). The van der Waals surface area contributed by atoms with Crippen molar-refractivity contribution >= 4 is 45.6 Å². The van der Waals surface area contributed by atoms with Gasteiger partial charge in [-0.3, -0.25) is 9.10 Å². The van der Waals surface area contributed by atoms with Gasteiger partial charge in [-0.2, -0.15) is 5.10 Å². The van der Waals surface area contributed by atoms with Gasteiger partial charge in [-0.1, -0.05) is 0 Å². The number of hydrazone groups is 1. The zero-order valence-electron chi connectivity index (χ0n) is 24.2. The van der Waals surface area contributed by atoms with E-state index in [0.717, 1.165) is 9.20 Å². The van der Waals surface area contributed by atoms with Crippen molar-refractivity contribution in [2.45, 2.75) is 43.1 Å². The summed E-state index contributed by atoms with van der Waals surface area (Å²) in [7, 11) is -4.08. The summed E-state index contributed by atoms with van der Waals surface area (Å²) in [4.78, 5) is 25.6. The molecule has 0 saturated carbocycles. The Morgan fingerprint density at radius 1 is 0.929 bits per heavy atom. The van der Waals surface area contributed by atoms with E-state index in [1.165, 1.54) is 30.1 Å². The first-order valence-corrected chi connectivity index (χ1v) is 15.7. The number of ether oxygens (including phenoxy) is 3. The molecule has 1 N–H and O–H groups in total. The zero-order chi connectivity index (χ0) is 30.8. The summed E-state index contributed by atoms with van der Waals surface area (Å²) in [6.45, 7) is 6.91. The molecular weight excluding hydrogens is 578 g/mol. The van der Waals surface area contributed by atoms with E-state index in [-0.39, 0.29) is 11.5 Å². The zero-order valence-corrected chi connectivity index (χ0v) is 25.8. The van der Waals surface area contributed by atoms with E-state index >= 15 is 0 Å². The van der Waals surface area contributed by atoms with Crippen LogP contribution in [0, 0.1) is 0 Å². The summed E-state index contributed by atoms with van der Waals surface area (Å²) in [5.74, 6) is -0.0714. The molecule has 0 spiro atoms. The SMILES string of the molecule is CCOc1ccc(N(CC(=O)NN=Cc2ccc(OCC(=O)OC(C)(C)C)cc2)S(=O)(=O)c2ccc(SC)cc2)cc1. The van der Waals surface area contributed by atoms with Crippen LogP contribution in [0.15, 0.2) is 87.7 Å². The van der Waals surface area contributed by atoms with Gasteiger partial charge in [0.05, 0.1) is 23.4 Å². The lowest BCUT2D eigenvalue weighted by molar-refractivity contribution is -0.157. The minimum absolute atomic E-state index is 0.0551. The summed E-state index contributed by atoms with van der Waals surface area (Å²) < 4.78 is 44.3. The second kappa shape index (κ2) is 14.7. The van der Waals surface area contributed by atoms with Gasteiger partial charge >= 0.3 is 5.97 Å². The van der Waals surface area contributed by atoms with Crippen molar-refractivity contribution in [1.29, 1.82) is 0 Å². The lowest BCUT2D eigenvalue weighted by Crippen LogP contribution is -2.39. The molecule has 0 atom stereocenters. The number of carbonyl (C=O) groups is 2. The van der Waals surface area contributed by atoms with E-state index in [9.17, 15) is 18.0 Å². The molecule has 0 radical (unpaired) electrons. The molecule has 0 saturated heterocycles. The van der Waals surface area contributed by atoms with Gasteiger partial charge < -0.3 is 14.2 Å². The second-order valence-corrected chi connectivity index (χ2v) is 12.6. The Hall–Kier alpha value is -4.03. The van der Waals surface area contributed by atoms with Crippen molar-refractivity contribution in [3.63, 3.8) is 0 Å². The Bertz CT molecular complexity index is 1470. The summed E-state index contributed by atoms with van der Waals surface area (Å²) >= 11 is 1.49. The van der Waals surface area contributed by atoms with Gasteiger partial charge in [0.1, 0.15) is 23.6 Å². The van der Waals surface area contributed by atoms with Crippen LogP contribution in [0.4, 0.5) is 5.69 Å². The molecule has 10 nitrogen and oxygen atoms in total. The highest BCUT2D eigenvalue weighted by molar-refractivity contribution is 7.98. The highest BCUT2D eigenvalue weighted by Crippen LogP contribution is 2.27. The number of sulfonamides is 1. The molecule has 12 heteroatoms. The van der Waals surface area contributed by atoms with Crippen LogP contribution in [0.3, 0.4) is 0 Å². The molecule has 3 aromatic carbocycles. The van der Waals surface area contributed by atoms with E-state index in [1.54, 1.807) is 81.4 Å². The normalized spacial score (nSPS) is 11.6.